The number of ether oxygens (including phenoxy) is 1. The summed E-state index contributed by atoms with van der Waals surface area (Å²) in [5, 5.41) is 14.0. The zero-order chi connectivity index (χ0) is 15.4. The van der Waals surface area contributed by atoms with Crippen LogP contribution in [0.25, 0.3) is 0 Å². The Balaban J connectivity index is 2.21. The van der Waals surface area contributed by atoms with Gasteiger partial charge in [0, 0.05) is 18.1 Å². The maximum Gasteiger partial charge on any atom is 0.345 e. The van der Waals surface area contributed by atoms with Crippen molar-refractivity contribution in [1.82, 2.24) is 10.6 Å². The van der Waals surface area contributed by atoms with E-state index in [1.165, 1.54) is 12.1 Å². The molecule has 3 N–H and O–H groups in total. The highest BCUT2D eigenvalue weighted by atomic mass is 35.5. The highest BCUT2D eigenvalue weighted by molar-refractivity contribution is 6.42. The standard InChI is InChI=1S/C12H8Cl2N2O5/c13-5-1-4-7(2-6(5)14)21-8(9(17)18)3-12(4)10(19)15-11(20)16-12/h1-2,8H,3H2,(H,17,18)(H2,15,16,19,20). The molecule has 1 aromatic rings. The van der Waals surface area contributed by atoms with Crippen LogP contribution in [0.1, 0.15) is 12.0 Å². The molecule has 110 valence electrons. The Morgan fingerprint density at radius 2 is 2.00 bits per heavy atom. The van der Waals surface area contributed by atoms with Gasteiger partial charge in [-0.05, 0) is 6.07 Å². The molecule has 7 nitrogen and oxygen atoms in total. The number of carbonyl (C=O) groups is 3. The first kappa shape index (κ1) is 14.0. The number of hydrogen-bond acceptors (Lipinski definition) is 4. The Morgan fingerprint density at radius 1 is 1.33 bits per heavy atom. The highest BCUT2D eigenvalue weighted by Crippen LogP contribution is 2.44. The third kappa shape index (κ3) is 2.00. The molecule has 2 atom stereocenters. The first-order valence-electron chi connectivity index (χ1n) is 5.86. The van der Waals surface area contributed by atoms with Crippen LogP contribution in [0.4, 0.5) is 4.79 Å². The summed E-state index contributed by atoms with van der Waals surface area (Å²) in [5.74, 6) is -1.80. The van der Waals surface area contributed by atoms with Crippen LogP contribution in [0.2, 0.25) is 10.0 Å². The zero-order valence-corrected chi connectivity index (χ0v) is 11.8. The quantitative estimate of drug-likeness (QED) is 0.672. The molecule has 1 spiro atoms. The third-order valence-electron chi connectivity index (χ3n) is 3.46. The fraction of sp³-hybridized carbons (Fsp3) is 0.250. The molecule has 2 aliphatic heterocycles. The second-order valence-corrected chi connectivity index (χ2v) is 5.54. The number of halogens is 2. The van der Waals surface area contributed by atoms with Crippen molar-refractivity contribution < 1.29 is 24.2 Å². The van der Waals surface area contributed by atoms with Gasteiger partial charge in [0.05, 0.1) is 10.0 Å². The largest absolute Gasteiger partial charge is 0.479 e. The van der Waals surface area contributed by atoms with Gasteiger partial charge in [0.1, 0.15) is 5.75 Å². The molecule has 0 aliphatic carbocycles. The molecule has 0 aromatic heterocycles. The summed E-state index contributed by atoms with van der Waals surface area (Å²) in [6.45, 7) is 0. The predicted octanol–water partition coefficient (Wildman–Crippen LogP) is 1.26. The Kier molecular flexibility index (Phi) is 3.00. The summed E-state index contributed by atoms with van der Waals surface area (Å²) in [7, 11) is 0. The SMILES string of the molecule is O=C1NC(=O)C2(CC(C(=O)O)Oc3cc(Cl)c(Cl)cc32)N1. The molecule has 1 fully saturated rings. The lowest BCUT2D eigenvalue weighted by Gasteiger charge is -2.36. The van der Waals surface area contributed by atoms with Gasteiger partial charge in [-0.3, -0.25) is 10.1 Å². The van der Waals surface area contributed by atoms with Crippen LogP contribution in [0.15, 0.2) is 12.1 Å². The molecule has 2 aliphatic rings. The number of benzene rings is 1. The number of carbonyl (C=O) groups excluding carboxylic acids is 2. The van der Waals surface area contributed by atoms with Gasteiger partial charge in [0.15, 0.2) is 11.6 Å². The van der Waals surface area contributed by atoms with E-state index in [1.807, 2.05) is 0 Å². The first-order valence-corrected chi connectivity index (χ1v) is 6.61. The number of amides is 3. The van der Waals surface area contributed by atoms with E-state index in [9.17, 15) is 14.4 Å². The molecule has 1 saturated heterocycles. The molecule has 3 amide bonds. The van der Waals surface area contributed by atoms with Gasteiger partial charge >= 0.3 is 12.0 Å². The molecule has 9 heteroatoms. The molecular formula is C12H8Cl2N2O5. The van der Waals surface area contributed by atoms with Crippen LogP contribution in [0, 0.1) is 0 Å². The number of fused-ring (bicyclic) bond motifs is 2. The minimum absolute atomic E-state index is 0.0976. The minimum atomic E-state index is -1.53. The van der Waals surface area contributed by atoms with Crippen molar-refractivity contribution in [3.63, 3.8) is 0 Å². The summed E-state index contributed by atoms with van der Waals surface area (Å²) in [5.41, 5.74) is -1.25. The molecule has 0 radical (unpaired) electrons. The van der Waals surface area contributed by atoms with Gasteiger partial charge < -0.3 is 15.2 Å². The minimum Gasteiger partial charge on any atom is -0.479 e. The van der Waals surface area contributed by atoms with Gasteiger partial charge in [-0.2, -0.15) is 0 Å². The summed E-state index contributed by atoms with van der Waals surface area (Å²) >= 11 is 11.8. The molecule has 21 heavy (non-hydrogen) atoms. The number of urea groups is 1. The van der Waals surface area contributed by atoms with Gasteiger partial charge in [0.25, 0.3) is 5.91 Å². The van der Waals surface area contributed by atoms with Crippen LogP contribution >= 0.6 is 23.2 Å². The molecule has 2 unspecified atom stereocenters. The van der Waals surface area contributed by atoms with Crippen molar-refractivity contribution >= 4 is 41.1 Å². The second-order valence-electron chi connectivity index (χ2n) is 4.72. The Morgan fingerprint density at radius 3 is 2.57 bits per heavy atom. The summed E-state index contributed by atoms with van der Waals surface area (Å²) in [6, 6.07) is 2.01. The molecule has 0 bridgehead atoms. The number of imide groups is 1. The first-order chi connectivity index (χ1) is 9.83. The van der Waals surface area contributed by atoms with E-state index in [1.54, 1.807) is 0 Å². The fourth-order valence-corrected chi connectivity index (χ4v) is 2.82. The second kappa shape index (κ2) is 4.51. The zero-order valence-electron chi connectivity index (χ0n) is 10.3. The van der Waals surface area contributed by atoms with Crippen LogP contribution < -0.4 is 15.4 Å². The Bertz CT molecular complexity index is 692. The van der Waals surface area contributed by atoms with Gasteiger partial charge in [-0.25, -0.2) is 9.59 Å². The maximum atomic E-state index is 12.2. The monoisotopic (exact) mass is 330 g/mol. The lowest BCUT2D eigenvalue weighted by atomic mass is 9.82. The molecule has 3 rings (SSSR count). The van der Waals surface area contributed by atoms with Gasteiger partial charge in [-0.1, -0.05) is 23.2 Å². The maximum absolute atomic E-state index is 12.2. The number of hydrogen-bond donors (Lipinski definition) is 3. The molecular weight excluding hydrogens is 323 g/mol. The Hall–Kier alpha value is -1.99. The Labute approximate surface area is 128 Å². The van der Waals surface area contributed by atoms with E-state index in [0.717, 1.165) is 0 Å². The lowest BCUT2D eigenvalue weighted by molar-refractivity contribution is -0.147. The summed E-state index contributed by atoms with van der Waals surface area (Å²) in [4.78, 5) is 34.9. The molecule has 1 aromatic carbocycles. The number of carboxylic acids is 1. The smallest absolute Gasteiger partial charge is 0.345 e. The topological polar surface area (TPSA) is 105 Å². The van der Waals surface area contributed by atoms with E-state index in [-0.39, 0.29) is 27.8 Å². The van der Waals surface area contributed by atoms with E-state index in [4.69, 9.17) is 33.0 Å². The summed E-state index contributed by atoms with van der Waals surface area (Å²) in [6.07, 6.45) is -1.54. The normalized spacial score (nSPS) is 26.9. The van der Waals surface area contributed by atoms with Crippen molar-refractivity contribution in [2.24, 2.45) is 0 Å². The van der Waals surface area contributed by atoms with Crippen molar-refractivity contribution in [1.29, 1.82) is 0 Å². The van der Waals surface area contributed by atoms with Crippen molar-refractivity contribution in [2.75, 3.05) is 0 Å². The van der Waals surface area contributed by atoms with E-state index in [0.29, 0.717) is 0 Å². The van der Waals surface area contributed by atoms with Gasteiger partial charge in [-0.15, -0.1) is 0 Å². The van der Waals surface area contributed by atoms with Crippen LogP contribution in [-0.4, -0.2) is 29.1 Å². The van der Waals surface area contributed by atoms with Crippen molar-refractivity contribution in [3.05, 3.63) is 27.7 Å². The van der Waals surface area contributed by atoms with E-state index in [2.05, 4.69) is 10.6 Å². The number of nitrogens with one attached hydrogen (secondary N) is 2. The predicted molar refractivity (Wildman–Crippen MR) is 71.5 cm³/mol. The number of carboxylic acid groups (broad SMARTS) is 1. The van der Waals surface area contributed by atoms with Crippen molar-refractivity contribution in [2.45, 2.75) is 18.1 Å². The van der Waals surface area contributed by atoms with E-state index < -0.39 is 29.6 Å². The van der Waals surface area contributed by atoms with E-state index >= 15 is 0 Å². The molecule has 0 saturated carbocycles. The average molecular weight is 331 g/mol. The fourth-order valence-electron chi connectivity index (χ4n) is 2.51. The highest BCUT2D eigenvalue weighted by Gasteiger charge is 2.54. The number of aliphatic carboxylic acids is 1. The molecule has 2 heterocycles. The number of rotatable bonds is 1. The average Bonchev–Trinajstić information content (AvgIpc) is 2.67. The lowest BCUT2D eigenvalue weighted by Crippen LogP contribution is -2.52. The summed E-state index contributed by atoms with van der Waals surface area (Å²) < 4.78 is 5.33. The van der Waals surface area contributed by atoms with Crippen LogP contribution in [-0.2, 0) is 15.1 Å². The van der Waals surface area contributed by atoms with Crippen LogP contribution in [0.3, 0.4) is 0 Å². The third-order valence-corrected chi connectivity index (χ3v) is 4.18. The van der Waals surface area contributed by atoms with Crippen molar-refractivity contribution in [3.8, 4) is 5.75 Å². The van der Waals surface area contributed by atoms with Gasteiger partial charge in [0.2, 0.25) is 0 Å². The van der Waals surface area contributed by atoms with Crippen LogP contribution in [0.5, 0.6) is 5.75 Å².